The van der Waals surface area contributed by atoms with Gasteiger partial charge in [0.25, 0.3) is 5.91 Å². The van der Waals surface area contributed by atoms with Gasteiger partial charge in [0.1, 0.15) is 17.5 Å². The molecule has 0 unspecified atom stereocenters. The Balaban J connectivity index is 1.43. The summed E-state index contributed by atoms with van der Waals surface area (Å²) in [5.74, 6) is 2.48. The Morgan fingerprint density at radius 2 is 1.70 bits per heavy atom. The first-order valence-corrected chi connectivity index (χ1v) is 11.0. The molecule has 2 aromatic carbocycles. The van der Waals surface area contributed by atoms with E-state index >= 15 is 0 Å². The van der Waals surface area contributed by atoms with Gasteiger partial charge in [0.2, 0.25) is 0 Å². The van der Waals surface area contributed by atoms with Crippen molar-refractivity contribution in [3.63, 3.8) is 0 Å². The molecule has 1 fully saturated rings. The monoisotopic (exact) mass is 513 g/mol. The quantitative estimate of drug-likeness (QED) is 0.524. The van der Waals surface area contributed by atoms with Crippen LogP contribution in [0, 0.1) is 17.4 Å². The maximum absolute atomic E-state index is 12.8. The maximum atomic E-state index is 12.8. The van der Waals surface area contributed by atoms with Crippen molar-refractivity contribution in [3.8, 4) is 0 Å². The van der Waals surface area contributed by atoms with Crippen LogP contribution in [0.3, 0.4) is 0 Å². The van der Waals surface area contributed by atoms with Gasteiger partial charge >= 0.3 is 0 Å². The van der Waals surface area contributed by atoms with Crippen molar-refractivity contribution in [2.24, 2.45) is 0 Å². The first-order chi connectivity index (χ1) is 14.5. The Morgan fingerprint density at radius 3 is 2.40 bits per heavy atom. The number of nitrogens with one attached hydrogen (secondary N) is 1. The number of aromatic nitrogens is 2. The molecule has 0 saturated carbocycles. The summed E-state index contributed by atoms with van der Waals surface area (Å²) in [6.45, 7) is 6.81. The molecule has 1 saturated heterocycles. The summed E-state index contributed by atoms with van der Waals surface area (Å²) in [5.41, 5.74) is 2.97. The smallest absolute Gasteiger partial charge is 0.254 e. The molecule has 0 radical (unpaired) electrons. The Morgan fingerprint density at radius 1 is 0.967 bits per heavy atom. The normalized spacial score (nSPS) is 14.0. The number of halogens is 1. The average Bonchev–Trinajstić information content (AvgIpc) is 2.74. The van der Waals surface area contributed by atoms with Gasteiger partial charge in [0, 0.05) is 47.1 Å². The van der Waals surface area contributed by atoms with Crippen molar-refractivity contribution in [1.29, 1.82) is 0 Å². The number of amides is 1. The van der Waals surface area contributed by atoms with Gasteiger partial charge in [-0.2, -0.15) is 0 Å². The summed E-state index contributed by atoms with van der Waals surface area (Å²) >= 11 is 2.24. The lowest BCUT2D eigenvalue weighted by Gasteiger charge is -2.35. The molecule has 0 aliphatic carbocycles. The number of nitrogens with zero attached hydrogens (tertiary/aromatic N) is 4. The molecule has 1 N–H and O–H groups in total. The minimum atomic E-state index is 0.0914. The summed E-state index contributed by atoms with van der Waals surface area (Å²) in [5, 5.41) is 3.36. The van der Waals surface area contributed by atoms with Crippen LogP contribution >= 0.6 is 22.6 Å². The van der Waals surface area contributed by atoms with Gasteiger partial charge in [0.15, 0.2) is 0 Å². The van der Waals surface area contributed by atoms with Gasteiger partial charge in [-0.1, -0.05) is 23.8 Å². The molecule has 7 heteroatoms. The fourth-order valence-corrected chi connectivity index (χ4v) is 4.05. The minimum Gasteiger partial charge on any atom is -0.353 e. The van der Waals surface area contributed by atoms with E-state index in [1.54, 1.807) is 0 Å². The van der Waals surface area contributed by atoms with Crippen molar-refractivity contribution in [2.45, 2.75) is 13.8 Å². The zero-order valence-electron chi connectivity index (χ0n) is 17.1. The van der Waals surface area contributed by atoms with Gasteiger partial charge in [-0.3, -0.25) is 4.79 Å². The van der Waals surface area contributed by atoms with Crippen molar-refractivity contribution in [2.75, 3.05) is 36.4 Å². The lowest BCUT2D eigenvalue weighted by molar-refractivity contribution is 0.0746. The molecule has 1 aliphatic heterocycles. The lowest BCUT2D eigenvalue weighted by atomic mass is 10.2. The van der Waals surface area contributed by atoms with Crippen LogP contribution in [0.25, 0.3) is 0 Å². The molecular weight excluding hydrogens is 489 g/mol. The van der Waals surface area contributed by atoms with Crippen molar-refractivity contribution >= 4 is 45.8 Å². The fraction of sp³-hybridized carbons (Fsp3) is 0.261. The Labute approximate surface area is 190 Å². The number of benzene rings is 2. The topological polar surface area (TPSA) is 61.4 Å². The number of hydrogen-bond acceptors (Lipinski definition) is 5. The third kappa shape index (κ3) is 4.89. The highest BCUT2D eigenvalue weighted by atomic mass is 127. The van der Waals surface area contributed by atoms with Crippen LogP contribution in [-0.4, -0.2) is 47.0 Å². The molecule has 3 aromatic rings. The van der Waals surface area contributed by atoms with E-state index in [0.717, 1.165) is 45.4 Å². The van der Waals surface area contributed by atoms with E-state index in [-0.39, 0.29) is 5.91 Å². The Bertz CT molecular complexity index is 1050. The van der Waals surface area contributed by atoms with Crippen LogP contribution < -0.4 is 10.2 Å². The zero-order chi connectivity index (χ0) is 21.1. The van der Waals surface area contributed by atoms with Crippen molar-refractivity contribution in [1.82, 2.24) is 14.9 Å². The molecule has 154 valence electrons. The van der Waals surface area contributed by atoms with Gasteiger partial charge in [-0.05, 0) is 66.8 Å². The molecule has 0 atom stereocenters. The minimum absolute atomic E-state index is 0.0914. The standard InChI is InChI=1S/C23H24IN5O/c1-16-6-8-20(9-7-16)27-21-15-22(26-17(2)25-21)28-10-12-29(13-11-28)23(30)18-4-3-5-19(24)14-18/h3-9,14-15H,10-13H2,1-2H3,(H,25,26,27). The van der Waals surface area contributed by atoms with Gasteiger partial charge in [0.05, 0.1) is 0 Å². The van der Waals surface area contributed by atoms with Crippen LogP contribution in [0.1, 0.15) is 21.7 Å². The van der Waals surface area contributed by atoms with Gasteiger partial charge < -0.3 is 15.1 Å². The van der Waals surface area contributed by atoms with Crippen LogP contribution in [0.4, 0.5) is 17.3 Å². The second-order valence-electron chi connectivity index (χ2n) is 7.44. The maximum Gasteiger partial charge on any atom is 0.254 e. The predicted octanol–water partition coefficient (Wildman–Crippen LogP) is 4.40. The van der Waals surface area contributed by atoms with Gasteiger partial charge in [-0.25, -0.2) is 9.97 Å². The SMILES string of the molecule is Cc1ccc(Nc2cc(N3CCN(C(=O)c4cccc(I)c4)CC3)nc(C)n2)cc1. The second-order valence-corrected chi connectivity index (χ2v) is 8.68. The highest BCUT2D eigenvalue weighted by Gasteiger charge is 2.23. The molecule has 1 aromatic heterocycles. The molecule has 30 heavy (non-hydrogen) atoms. The van der Waals surface area contributed by atoms with E-state index in [1.807, 2.05) is 54.3 Å². The first-order valence-electron chi connectivity index (χ1n) is 9.97. The molecule has 1 amide bonds. The third-order valence-corrected chi connectivity index (χ3v) is 5.78. The van der Waals surface area contributed by atoms with Gasteiger partial charge in [-0.15, -0.1) is 0 Å². The average molecular weight is 513 g/mol. The molecular formula is C23H24IN5O. The molecule has 4 rings (SSSR count). The van der Waals surface area contributed by atoms with Crippen molar-refractivity contribution in [3.05, 3.63) is 75.1 Å². The fourth-order valence-electron chi connectivity index (χ4n) is 3.51. The highest BCUT2D eigenvalue weighted by Crippen LogP contribution is 2.22. The van der Waals surface area contributed by atoms with E-state index in [1.165, 1.54) is 5.56 Å². The number of carbonyl (C=O) groups is 1. The van der Waals surface area contributed by atoms with E-state index in [2.05, 4.69) is 61.8 Å². The van der Waals surface area contributed by atoms with Crippen LogP contribution in [0.5, 0.6) is 0 Å². The summed E-state index contributed by atoms with van der Waals surface area (Å²) in [7, 11) is 0. The molecule has 6 nitrogen and oxygen atoms in total. The van der Waals surface area contributed by atoms with Crippen molar-refractivity contribution < 1.29 is 4.79 Å². The number of piperazine rings is 1. The molecule has 0 spiro atoms. The number of aryl methyl sites for hydroxylation is 2. The van der Waals surface area contributed by atoms with Crippen LogP contribution in [0.2, 0.25) is 0 Å². The summed E-state index contributed by atoms with van der Waals surface area (Å²) in [4.78, 5) is 26.1. The summed E-state index contributed by atoms with van der Waals surface area (Å²) in [6.07, 6.45) is 0. The van der Waals surface area contributed by atoms with E-state index in [9.17, 15) is 4.79 Å². The number of anilines is 3. The second kappa shape index (κ2) is 8.99. The third-order valence-electron chi connectivity index (χ3n) is 5.11. The summed E-state index contributed by atoms with van der Waals surface area (Å²) in [6, 6.07) is 17.9. The zero-order valence-corrected chi connectivity index (χ0v) is 19.3. The van der Waals surface area contributed by atoms with E-state index < -0.39 is 0 Å². The Hall–Kier alpha value is -2.68. The largest absolute Gasteiger partial charge is 0.353 e. The molecule has 1 aliphatic rings. The molecule has 2 heterocycles. The van der Waals surface area contributed by atoms with E-state index in [4.69, 9.17) is 0 Å². The number of hydrogen-bond donors (Lipinski definition) is 1. The van der Waals surface area contributed by atoms with E-state index in [0.29, 0.717) is 13.1 Å². The number of carbonyl (C=O) groups excluding carboxylic acids is 1. The molecule has 0 bridgehead atoms. The van der Waals surface area contributed by atoms with Crippen LogP contribution in [0.15, 0.2) is 54.6 Å². The number of rotatable bonds is 4. The van der Waals surface area contributed by atoms with Crippen LogP contribution in [-0.2, 0) is 0 Å². The highest BCUT2D eigenvalue weighted by molar-refractivity contribution is 14.1. The lowest BCUT2D eigenvalue weighted by Crippen LogP contribution is -2.49. The summed E-state index contributed by atoms with van der Waals surface area (Å²) < 4.78 is 1.07. The Kier molecular flexibility index (Phi) is 6.17. The predicted molar refractivity (Wildman–Crippen MR) is 129 cm³/mol. The first kappa shape index (κ1) is 20.6.